The minimum absolute atomic E-state index is 0.0464. The summed E-state index contributed by atoms with van der Waals surface area (Å²) in [6.45, 7) is -0.652. The number of allylic oxidation sites excluding steroid dienone is 1. The normalized spacial score (nSPS) is 17.3. The Morgan fingerprint density at radius 2 is 1.56 bits per heavy atom. The summed E-state index contributed by atoms with van der Waals surface area (Å²) in [7, 11) is 0. The number of carbonyl (C=O) groups excluding carboxylic acids is 2. The number of ketones is 1. The van der Waals surface area contributed by atoms with E-state index in [4.69, 9.17) is 0 Å². The van der Waals surface area contributed by atoms with E-state index in [9.17, 15) is 42.2 Å². The number of aliphatic hydroxyl groups excluding tert-OH is 2. The lowest BCUT2D eigenvalue weighted by atomic mass is 10.0. The topological polar surface area (TPSA) is 109 Å². The molecule has 39 heavy (non-hydrogen) atoms. The molecule has 2 atom stereocenters. The van der Waals surface area contributed by atoms with Crippen LogP contribution in [0.25, 0.3) is 0 Å². The van der Waals surface area contributed by atoms with Crippen molar-refractivity contribution < 1.29 is 37.4 Å². The van der Waals surface area contributed by atoms with Gasteiger partial charge in [-0.1, -0.05) is 12.1 Å². The Balaban J connectivity index is 1.72. The molecule has 1 amide bonds. The van der Waals surface area contributed by atoms with E-state index in [1.807, 2.05) is 0 Å². The molecule has 0 aliphatic heterocycles. The molecule has 0 saturated heterocycles. The van der Waals surface area contributed by atoms with Crippen molar-refractivity contribution in [1.29, 1.82) is 0 Å². The number of nitrogens with one attached hydrogen (secondary N) is 1. The van der Waals surface area contributed by atoms with Crippen molar-refractivity contribution in [2.24, 2.45) is 0 Å². The van der Waals surface area contributed by atoms with E-state index in [2.05, 4.69) is 5.32 Å². The fourth-order valence-electron chi connectivity index (χ4n) is 4.47. The Labute approximate surface area is 220 Å². The molecule has 7 nitrogen and oxygen atoms in total. The number of rotatable bonds is 8. The highest BCUT2D eigenvalue weighted by atomic mass is 19.1. The molecule has 2 unspecified atom stereocenters. The van der Waals surface area contributed by atoms with Gasteiger partial charge in [0.2, 0.25) is 0 Å². The van der Waals surface area contributed by atoms with Crippen LogP contribution in [0.15, 0.2) is 65.3 Å². The lowest BCUT2D eigenvalue weighted by Crippen LogP contribution is -2.40. The summed E-state index contributed by atoms with van der Waals surface area (Å²) < 4.78 is 58.0. The molecular weight excluding hydrogens is 520 g/mol. The number of aromatic nitrogens is 1. The van der Waals surface area contributed by atoms with Gasteiger partial charge in [0.05, 0.1) is 24.3 Å². The summed E-state index contributed by atoms with van der Waals surface area (Å²) >= 11 is 0. The first-order chi connectivity index (χ1) is 18.5. The Hall–Kier alpha value is -4.25. The lowest BCUT2D eigenvalue weighted by Gasteiger charge is -2.16. The van der Waals surface area contributed by atoms with Gasteiger partial charge in [-0.25, -0.2) is 17.6 Å². The zero-order valence-electron chi connectivity index (χ0n) is 20.5. The van der Waals surface area contributed by atoms with E-state index < -0.39 is 82.5 Å². The molecule has 204 valence electrons. The van der Waals surface area contributed by atoms with Crippen LogP contribution in [-0.4, -0.2) is 38.6 Å². The molecule has 11 heteroatoms. The fourth-order valence-corrected chi connectivity index (χ4v) is 4.47. The summed E-state index contributed by atoms with van der Waals surface area (Å²) in [6.07, 6.45) is 1.98. The number of amides is 1. The first-order valence-electron chi connectivity index (χ1n) is 12.1. The Morgan fingerprint density at radius 1 is 0.974 bits per heavy atom. The van der Waals surface area contributed by atoms with E-state index in [1.54, 1.807) is 0 Å². The third-order valence-corrected chi connectivity index (χ3v) is 6.54. The highest BCUT2D eigenvalue weighted by Crippen LogP contribution is 2.20. The second-order valence-electron chi connectivity index (χ2n) is 9.24. The minimum Gasteiger partial charge on any atom is -0.503 e. The van der Waals surface area contributed by atoms with E-state index in [0.717, 1.165) is 53.2 Å². The van der Waals surface area contributed by atoms with Gasteiger partial charge in [-0.05, 0) is 55.2 Å². The number of halogens is 4. The van der Waals surface area contributed by atoms with Gasteiger partial charge in [0.15, 0.2) is 11.5 Å². The van der Waals surface area contributed by atoms with Crippen LogP contribution in [0.2, 0.25) is 0 Å². The largest absolute Gasteiger partial charge is 0.503 e. The van der Waals surface area contributed by atoms with Crippen LogP contribution < -0.4 is 10.9 Å². The summed E-state index contributed by atoms with van der Waals surface area (Å²) in [5.74, 6) is -6.89. The number of pyridine rings is 1. The number of carbonyl (C=O) groups is 2. The minimum atomic E-state index is -1.13. The third-order valence-electron chi connectivity index (χ3n) is 6.54. The average molecular weight is 545 g/mol. The molecule has 1 aliphatic rings. The Morgan fingerprint density at radius 3 is 2.13 bits per heavy atom. The van der Waals surface area contributed by atoms with Crippen molar-refractivity contribution in [1.82, 2.24) is 9.88 Å². The third kappa shape index (κ3) is 6.26. The van der Waals surface area contributed by atoms with Crippen LogP contribution in [0.5, 0.6) is 0 Å². The standard InChI is InChI=1S/C28H24F4N2O5/c29-19-4-1-5-20(30)16(19)10-15-11-17(25(36)12-26(37)27(38)33-23-8-3-9-24(23)35)28(39)34(13-15)14-18-21(31)6-2-7-22(18)32/h1-2,4-7,11-13,23-24,35,37H,3,8-10,14H2,(H,33,38)/b26-12-. The van der Waals surface area contributed by atoms with E-state index in [0.29, 0.717) is 25.3 Å². The number of aliphatic hydroxyl groups is 2. The monoisotopic (exact) mass is 544 g/mol. The van der Waals surface area contributed by atoms with E-state index >= 15 is 0 Å². The quantitative estimate of drug-likeness (QED) is 0.174. The van der Waals surface area contributed by atoms with Gasteiger partial charge in [-0.2, -0.15) is 0 Å². The zero-order valence-corrected chi connectivity index (χ0v) is 20.5. The van der Waals surface area contributed by atoms with Crippen molar-refractivity contribution in [3.63, 3.8) is 0 Å². The lowest BCUT2D eigenvalue weighted by molar-refractivity contribution is -0.121. The summed E-state index contributed by atoms with van der Waals surface area (Å²) in [4.78, 5) is 38.5. The van der Waals surface area contributed by atoms with Crippen LogP contribution in [0.3, 0.4) is 0 Å². The summed E-state index contributed by atoms with van der Waals surface area (Å²) in [6, 6.07) is 6.72. The van der Waals surface area contributed by atoms with Gasteiger partial charge in [0.25, 0.3) is 11.5 Å². The molecule has 1 saturated carbocycles. The Kier molecular flexibility index (Phi) is 8.29. The molecule has 1 aromatic heterocycles. The maximum atomic E-state index is 14.3. The van der Waals surface area contributed by atoms with Crippen LogP contribution in [-0.2, 0) is 17.8 Å². The molecule has 0 spiro atoms. The van der Waals surface area contributed by atoms with Gasteiger partial charge in [-0.3, -0.25) is 14.4 Å². The molecule has 3 N–H and O–H groups in total. The van der Waals surface area contributed by atoms with Crippen molar-refractivity contribution in [3.05, 3.63) is 116 Å². The molecule has 1 fully saturated rings. The predicted molar refractivity (Wildman–Crippen MR) is 132 cm³/mol. The van der Waals surface area contributed by atoms with Crippen LogP contribution >= 0.6 is 0 Å². The SMILES string of the molecule is O=C(NC1CCCC1O)/C(O)=C/C(=O)c1cc(Cc2c(F)cccc2F)cn(Cc2c(F)cccc2F)c1=O. The maximum Gasteiger partial charge on any atom is 0.286 e. The van der Waals surface area contributed by atoms with E-state index in [1.165, 1.54) is 0 Å². The van der Waals surface area contributed by atoms with Crippen molar-refractivity contribution >= 4 is 11.7 Å². The van der Waals surface area contributed by atoms with Crippen LogP contribution in [0.4, 0.5) is 17.6 Å². The molecule has 1 heterocycles. The highest BCUT2D eigenvalue weighted by Gasteiger charge is 2.28. The molecule has 1 aliphatic carbocycles. The summed E-state index contributed by atoms with van der Waals surface area (Å²) in [5, 5.41) is 22.4. The number of nitrogens with zero attached hydrogens (tertiary/aromatic N) is 1. The fraction of sp³-hybridized carbons (Fsp3) is 0.250. The summed E-state index contributed by atoms with van der Waals surface area (Å²) in [5.41, 5.74) is -2.44. The van der Waals surface area contributed by atoms with Gasteiger partial charge < -0.3 is 20.1 Å². The van der Waals surface area contributed by atoms with Gasteiger partial charge in [-0.15, -0.1) is 0 Å². The number of benzene rings is 2. The molecule has 0 radical (unpaired) electrons. The van der Waals surface area contributed by atoms with Crippen molar-refractivity contribution in [3.8, 4) is 0 Å². The first kappa shape index (κ1) is 27.8. The Bertz CT molecular complexity index is 1480. The smallest absolute Gasteiger partial charge is 0.286 e. The van der Waals surface area contributed by atoms with Crippen LogP contribution in [0.1, 0.15) is 46.3 Å². The molecule has 3 aromatic rings. The zero-order chi connectivity index (χ0) is 28.3. The highest BCUT2D eigenvalue weighted by molar-refractivity contribution is 6.08. The van der Waals surface area contributed by atoms with E-state index in [-0.39, 0.29) is 11.1 Å². The molecule has 4 rings (SSSR count). The van der Waals surface area contributed by atoms with Gasteiger partial charge in [0.1, 0.15) is 23.3 Å². The van der Waals surface area contributed by atoms with Gasteiger partial charge in [0, 0.05) is 29.8 Å². The maximum absolute atomic E-state index is 14.3. The average Bonchev–Trinajstić information content (AvgIpc) is 3.29. The van der Waals surface area contributed by atoms with Gasteiger partial charge >= 0.3 is 0 Å². The molecule has 2 aromatic carbocycles. The number of hydrogen-bond donors (Lipinski definition) is 3. The van der Waals surface area contributed by atoms with Crippen LogP contribution in [0, 0.1) is 23.3 Å². The molecule has 0 bridgehead atoms. The van der Waals surface area contributed by atoms with Crippen molar-refractivity contribution in [2.45, 2.75) is 44.4 Å². The second kappa shape index (κ2) is 11.6. The molecular formula is C28H24F4N2O5. The first-order valence-corrected chi connectivity index (χ1v) is 12.1. The van der Waals surface area contributed by atoms with Crippen molar-refractivity contribution in [2.75, 3.05) is 0 Å². The second-order valence-corrected chi connectivity index (χ2v) is 9.24. The predicted octanol–water partition coefficient (Wildman–Crippen LogP) is 3.70. The number of hydrogen-bond acceptors (Lipinski definition) is 5.